The molecule has 5 heteroatoms. The number of aromatic nitrogens is 1. The Hall–Kier alpha value is -3.00. The van der Waals surface area contributed by atoms with Gasteiger partial charge in [0.25, 0.3) is 0 Å². The molecule has 0 aliphatic heterocycles. The summed E-state index contributed by atoms with van der Waals surface area (Å²) in [5.41, 5.74) is 1.89. The molecule has 2 rings (SSSR count). The van der Waals surface area contributed by atoms with Gasteiger partial charge < -0.3 is 15.4 Å². The zero-order chi connectivity index (χ0) is 23.0. The average molecular weight is 435 g/mol. The molecule has 0 aliphatic rings. The molecule has 1 aromatic carbocycles. The third-order valence-corrected chi connectivity index (χ3v) is 5.76. The van der Waals surface area contributed by atoms with Gasteiger partial charge in [-0.05, 0) is 48.9 Å². The lowest BCUT2D eigenvalue weighted by Crippen LogP contribution is -2.11. The van der Waals surface area contributed by atoms with E-state index in [0.29, 0.717) is 11.5 Å². The van der Waals surface area contributed by atoms with E-state index in [1.165, 1.54) is 50.2 Å². The molecule has 1 aromatic heterocycles. The second kappa shape index (κ2) is 14.9. The van der Waals surface area contributed by atoms with Gasteiger partial charge in [0.15, 0.2) is 0 Å². The topological polar surface area (TPSA) is 91.0 Å². The summed E-state index contributed by atoms with van der Waals surface area (Å²) < 4.78 is 0. The molecule has 0 saturated heterocycles. The van der Waals surface area contributed by atoms with Crippen molar-refractivity contribution in [1.29, 1.82) is 5.26 Å². The van der Waals surface area contributed by atoms with Gasteiger partial charge in [-0.3, -0.25) is 0 Å². The first-order chi connectivity index (χ1) is 15.6. The minimum Gasteiger partial charge on any atom is -0.478 e. The molecule has 1 heterocycles. The third kappa shape index (κ3) is 10.3. The van der Waals surface area contributed by atoms with Gasteiger partial charge in [-0.25, -0.2) is 4.79 Å². The highest BCUT2D eigenvalue weighted by Crippen LogP contribution is 2.27. The number of hydrogen-bond acceptors (Lipinski definition) is 2. The number of rotatable bonds is 16. The molecule has 0 aliphatic carbocycles. The SMILES string of the molecule is CCCCCCCCC(CCC(C=CC(=O)O)[N-]c1ccc[nH]1)Cc1cccc(C#N)c1. The molecule has 172 valence electrons. The number of nitriles is 1. The molecule has 0 bridgehead atoms. The fraction of sp³-hybridized carbons (Fsp3) is 0.481. The first kappa shape index (κ1) is 25.3. The van der Waals surface area contributed by atoms with E-state index in [2.05, 4.69) is 29.4 Å². The van der Waals surface area contributed by atoms with Crippen LogP contribution in [0, 0.1) is 17.2 Å². The number of unbranched alkanes of at least 4 members (excludes halogenated alkanes) is 5. The lowest BCUT2D eigenvalue weighted by molar-refractivity contribution is -0.131. The van der Waals surface area contributed by atoms with Gasteiger partial charge in [0.1, 0.15) is 0 Å². The molecule has 2 atom stereocenters. The van der Waals surface area contributed by atoms with Crippen LogP contribution < -0.4 is 0 Å². The number of carboxylic acid groups (broad SMARTS) is 1. The van der Waals surface area contributed by atoms with E-state index < -0.39 is 5.97 Å². The van der Waals surface area contributed by atoms with Crippen molar-refractivity contribution >= 4 is 11.8 Å². The van der Waals surface area contributed by atoms with Crippen molar-refractivity contribution in [2.24, 2.45) is 5.92 Å². The predicted octanol–water partition coefficient (Wildman–Crippen LogP) is 7.29. The lowest BCUT2D eigenvalue weighted by Gasteiger charge is -2.25. The Labute approximate surface area is 192 Å². The molecule has 2 N–H and O–H groups in total. The monoisotopic (exact) mass is 434 g/mol. The van der Waals surface area contributed by atoms with Crippen LogP contribution in [0.3, 0.4) is 0 Å². The standard InChI is InChI=1S/C27H36N3O2/c1-2-3-4-5-6-7-10-22(19-23-11-8-12-24(20-23)21-28)14-15-25(16-17-27(31)32)30-26-13-9-18-29-26/h8-9,11-13,16-18,20,22,25,29H,2-7,10,14-15,19H2,1H3,(H,31,32)/q-1. The van der Waals surface area contributed by atoms with Gasteiger partial charge in [-0.2, -0.15) is 5.26 Å². The van der Waals surface area contributed by atoms with Crippen LogP contribution in [-0.4, -0.2) is 22.1 Å². The van der Waals surface area contributed by atoms with Gasteiger partial charge in [-0.15, -0.1) is 0 Å². The normalized spacial score (nSPS) is 13.0. The summed E-state index contributed by atoms with van der Waals surface area (Å²) >= 11 is 0. The van der Waals surface area contributed by atoms with Crippen molar-refractivity contribution in [1.82, 2.24) is 4.98 Å². The summed E-state index contributed by atoms with van der Waals surface area (Å²) in [6.45, 7) is 2.23. The van der Waals surface area contributed by atoms with E-state index in [1.54, 1.807) is 6.08 Å². The Morgan fingerprint density at radius 2 is 1.94 bits per heavy atom. The number of aromatic amines is 1. The number of carboxylic acids is 1. The Bertz CT molecular complexity index is 852. The molecule has 0 amide bonds. The highest BCUT2D eigenvalue weighted by molar-refractivity contribution is 5.80. The fourth-order valence-electron chi connectivity index (χ4n) is 4.05. The largest absolute Gasteiger partial charge is 0.478 e. The summed E-state index contributed by atoms with van der Waals surface area (Å²) in [5.74, 6) is 0.294. The van der Waals surface area contributed by atoms with E-state index in [-0.39, 0.29) is 6.04 Å². The summed E-state index contributed by atoms with van der Waals surface area (Å²) in [6, 6.07) is 13.7. The average Bonchev–Trinajstić information content (AvgIpc) is 3.30. The Kier molecular flexibility index (Phi) is 11.8. The summed E-state index contributed by atoms with van der Waals surface area (Å²) in [6.07, 6.45) is 16.1. The maximum Gasteiger partial charge on any atom is 0.327 e. The van der Waals surface area contributed by atoms with Crippen LogP contribution in [-0.2, 0) is 11.2 Å². The van der Waals surface area contributed by atoms with Crippen molar-refractivity contribution in [2.75, 3.05) is 0 Å². The summed E-state index contributed by atoms with van der Waals surface area (Å²) in [5, 5.41) is 23.0. The minimum atomic E-state index is -0.950. The van der Waals surface area contributed by atoms with Crippen LogP contribution in [0.2, 0.25) is 0 Å². The molecule has 2 aromatic rings. The Balaban J connectivity index is 1.99. The molecule has 5 nitrogen and oxygen atoms in total. The molecular weight excluding hydrogens is 398 g/mol. The van der Waals surface area contributed by atoms with Crippen molar-refractivity contribution < 1.29 is 9.90 Å². The van der Waals surface area contributed by atoms with Crippen molar-refractivity contribution in [3.05, 3.63) is 71.2 Å². The second-order valence-corrected chi connectivity index (χ2v) is 8.47. The Morgan fingerprint density at radius 3 is 2.66 bits per heavy atom. The number of carbonyl (C=O) groups is 1. The zero-order valence-electron chi connectivity index (χ0n) is 19.2. The highest BCUT2D eigenvalue weighted by atomic mass is 16.4. The number of aliphatic carboxylic acids is 1. The maximum absolute atomic E-state index is 11.0. The lowest BCUT2D eigenvalue weighted by atomic mass is 9.88. The van der Waals surface area contributed by atoms with E-state index in [0.717, 1.165) is 31.5 Å². The fourth-order valence-corrected chi connectivity index (χ4v) is 4.05. The molecule has 2 unspecified atom stereocenters. The summed E-state index contributed by atoms with van der Waals surface area (Å²) in [7, 11) is 0. The smallest absolute Gasteiger partial charge is 0.327 e. The van der Waals surface area contributed by atoms with Crippen LogP contribution >= 0.6 is 0 Å². The van der Waals surface area contributed by atoms with Gasteiger partial charge in [0.2, 0.25) is 0 Å². The predicted molar refractivity (Wildman–Crippen MR) is 130 cm³/mol. The quantitative estimate of drug-likeness (QED) is 0.215. The van der Waals surface area contributed by atoms with Crippen LogP contribution in [0.15, 0.2) is 54.7 Å². The zero-order valence-corrected chi connectivity index (χ0v) is 19.2. The maximum atomic E-state index is 11.0. The van der Waals surface area contributed by atoms with E-state index in [9.17, 15) is 10.1 Å². The minimum absolute atomic E-state index is 0.178. The number of H-pyrrole nitrogens is 1. The number of nitrogens with one attached hydrogen (secondary N) is 1. The number of hydrogen-bond donors (Lipinski definition) is 2. The van der Waals surface area contributed by atoms with Crippen LogP contribution in [0.4, 0.5) is 5.82 Å². The van der Waals surface area contributed by atoms with Gasteiger partial charge in [-0.1, -0.05) is 94.2 Å². The highest BCUT2D eigenvalue weighted by Gasteiger charge is 2.13. The van der Waals surface area contributed by atoms with Gasteiger partial charge in [0, 0.05) is 6.08 Å². The molecular formula is C27H36N3O2-. The third-order valence-electron chi connectivity index (χ3n) is 5.76. The van der Waals surface area contributed by atoms with Crippen LogP contribution in [0.1, 0.15) is 75.8 Å². The van der Waals surface area contributed by atoms with Crippen molar-refractivity contribution in [3.63, 3.8) is 0 Å². The van der Waals surface area contributed by atoms with Crippen molar-refractivity contribution in [2.45, 2.75) is 77.2 Å². The first-order valence-corrected chi connectivity index (χ1v) is 11.8. The van der Waals surface area contributed by atoms with Crippen LogP contribution in [0.5, 0.6) is 0 Å². The molecule has 32 heavy (non-hydrogen) atoms. The van der Waals surface area contributed by atoms with Gasteiger partial charge in [0.05, 0.1) is 11.6 Å². The van der Waals surface area contributed by atoms with Gasteiger partial charge >= 0.3 is 5.97 Å². The molecule has 0 spiro atoms. The van der Waals surface area contributed by atoms with E-state index in [1.807, 2.05) is 36.5 Å². The van der Waals surface area contributed by atoms with Crippen molar-refractivity contribution in [3.8, 4) is 6.07 Å². The first-order valence-electron chi connectivity index (χ1n) is 11.8. The molecule has 0 saturated carbocycles. The second-order valence-electron chi connectivity index (χ2n) is 8.47. The molecule has 0 fully saturated rings. The Morgan fingerprint density at radius 1 is 1.12 bits per heavy atom. The van der Waals surface area contributed by atoms with E-state index >= 15 is 0 Å². The molecule has 0 radical (unpaired) electrons. The van der Waals surface area contributed by atoms with Crippen LogP contribution in [0.25, 0.3) is 5.32 Å². The number of nitrogens with zero attached hydrogens (tertiary/aromatic N) is 2. The van der Waals surface area contributed by atoms with E-state index in [4.69, 9.17) is 5.11 Å². The summed E-state index contributed by atoms with van der Waals surface area (Å²) in [4.78, 5) is 14.1. The number of benzene rings is 1.